The average molecular weight is 639 g/mol. The number of sulfonamides is 1. The van der Waals surface area contributed by atoms with E-state index in [0.717, 1.165) is 49.6 Å². The normalized spacial score (nSPS) is 14.4. The van der Waals surface area contributed by atoms with Crippen LogP contribution in [0.5, 0.6) is 0 Å². The average Bonchev–Trinajstić information content (AvgIpc) is 3.45. The van der Waals surface area contributed by atoms with Crippen molar-refractivity contribution in [2.24, 2.45) is 0 Å². The maximum absolute atomic E-state index is 14.1. The topological polar surface area (TPSA) is 86.8 Å². The Balaban J connectivity index is 1.74. The molecular weight excluding hydrogens is 607 g/mol. The fraction of sp³-hybridized carbons (Fsp3) is 0.333. The third-order valence-electron chi connectivity index (χ3n) is 7.18. The molecule has 1 N–H and O–H groups in total. The monoisotopic (exact) mass is 637 g/mol. The number of nitrogens with zero attached hydrogens (tertiary/aromatic N) is 2. The third-order valence-corrected chi connectivity index (χ3v) is 9.06. The molecular formula is C30H31Cl2F2N3O4S. The lowest BCUT2D eigenvalue weighted by atomic mass is 10.0. The quantitative estimate of drug-likeness (QED) is 0.291. The van der Waals surface area contributed by atoms with Crippen molar-refractivity contribution in [1.82, 2.24) is 10.2 Å². The molecule has 1 saturated carbocycles. The minimum absolute atomic E-state index is 0.0348. The summed E-state index contributed by atoms with van der Waals surface area (Å²) in [5, 5.41) is 3.62. The minimum atomic E-state index is -4.13. The summed E-state index contributed by atoms with van der Waals surface area (Å²) >= 11 is 12.3. The predicted octanol–water partition coefficient (Wildman–Crippen LogP) is 5.74. The minimum Gasteiger partial charge on any atom is -0.352 e. The van der Waals surface area contributed by atoms with Gasteiger partial charge in [0, 0.05) is 25.1 Å². The van der Waals surface area contributed by atoms with Gasteiger partial charge in [-0.3, -0.25) is 13.9 Å². The Hall–Kier alpha value is -3.21. The smallest absolute Gasteiger partial charge is 0.244 e. The van der Waals surface area contributed by atoms with Crippen molar-refractivity contribution in [2.75, 3.05) is 17.1 Å². The first-order chi connectivity index (χ1) is 19.9. The van der Waals surface area contributed by atoms with Gasteiger partial charge in [-0.05, 0) is 48.2 Å². The van der Waals surface area contributed by atoms with Crippen LogP contribution in [0.1, 0.15) is 36.8 Å². The zero-order valence-electron chi connectivity index (χ0n) is 22.9. The molecule has 4 rings (SSSR count). The Morgan fingerprint density at radius 1 is 0.929 bits per heavy atom. The largest absolute Gasteiger partial charge is 0.352 e. The summed E-state index contributed by atoms with van der Waals surface area (Å²) < 4.78 is 54.0. The maximum atomic E-state index is 14.1. The molecule has 42 heavy (non-hydrogen) atoms. The molecule has 0 aliphatic heterocycles. The van der Waals surface area contributed by atoms with Crippen molar-refractivity contribution in [1.29, 1.82) is 0 Å². The van der Waals surface area contributed by atoms with Crippen molar-refractivity contribution in [3.8, 4) is 0 Å². The number of halogens is 4. The van der Waals surface area contributed by atoms with E-state index in [-0.39, 0.29) is 35.6 Å². The van der Waals surface area contributed by atoms with Crippen molar-refractivity contribution >= 4 is 50.7 Å². The van der Waals surface area contributed by atoms with Crippen LogP contribution < -0.4 is 9.62 Å². The van der Waals surface area contributed by atoms with Crippen LogP contribution in [0.15, 0.2) is 66.7 Å². The molecule has 1 aliphatic carbocycles. The van der Waals surface area contributed by atoms with Crippen molar-refractivity contribution in [2.45, 2.75) is 50.7 Å². The van der Waals surface area contributed by atoms with E-state index in [9.17, 15) is 26.8 Å². The summed E-state index contributed by atoms with van der Waals surface area (Å²) in [5.74, 6) is -3.53. The molecule has 1 atom stereocenters. The standard InChI is InChI=1S/C30H31Cl2F2N3O4S/c1-42(40,41)37(23-12-14-26(33)27(34)17-23)19-29(38)36(18-21-11-13-24(31)25(32)15-21)28(16-20-7-3-2-4-8-20)30(39)35-22-9-5-6-10-22/h2-4,7-8,11-15,17,22,28H,5-6,9-10,16,18-19H2,1H3,(H,35,39). The molecule has 1 aliphatic rings. The number of hydrogen-bond acceptors (Lipinski definition) is 4. The highest BCUT2D eigenvalue weighted by Gasteiger charge is 2.34. The fourth-order valence-electron chi connectivity index (χ4n) is 5.01. The van der Waals surface area contributed by atoms with Gasteiger partial charge in [-0.1, -0.05) is 72.4 Å². The summed E-state index contributed by atoms with van der Waals surface area (Å²) in [6.07, 6.45) is 4.62. The Bertz CT molecular complexity index is 1540. The molecule has 12 heteroatoms. The van der Waals surface area contributed by atoms with Gasteiger partial charge >= 0.3 is 0 Å². The second-order valence-corrected chi connectivity index (χ2v) is 13.1. The van der Waals surface area contributed by atoms with E-state index in [1.54, 1.807) is 18.2 Å². The second-order valence-electron chi connectivity index (χ2n) is 10.3. The molecule has 3 aromatic rings. The van der Waals surface area contributed by atoms with Crippen LogP contribution in [0.25, 0.3) is 0 Å². The number of carbonyl (C=O) groups excluding carboxylic acids is 2. The van der Waals surface area contributed by atoms with Crippen molar-refractivity contribution in [3.63, 3.8) is 0 Å². The number of nitrogens with one attached hydrogen (secondary N) is 1. The van der Waals surface area contributed by atoms with Crippen molar-refractivity contribution < 1.29 is 26.8 Å². The summed E-state index contributed by atoms with van der Waals surface area (Å²) in [4.78, 5) is 29.2. The molecule has 0 aromatic heterocycles. The number of anilines is 1. The van der Waals surface area contributed by atoms with Gasteiger partial charge in [0.25, 0.3) is 0 Å². The third kappa shape index (κ3) is 8.20. The van der Waals surface area contributed by atoms with Crippen LogP contribution in [-0.2, 0) is 32.6 Å². The molecule has 224 valence electrons. The van der Waals surface area contributed by atoms with E-state index in [1.165, 1.54) is 4.90 Å². The van der Waals surface area contributed by atoms with Crippen LogP contribution >= 0.6 is 23.2 Å². The Morgan fingerprint density at radius 2 is 1.62 bits per heavy atom. The highest BCUT2D eigenvalue weighted by Crippen LogP contribution is 2.26. The van der Waals surface area contributed by atoms with Crippen LogP contribution in [-0.4, -0.2) is 50.0 Å². The Morgan fingerprint density at radius 3 is 2.24 bits per heavy atom. The van der Waals surface area contributed by atoms with Gasteiger partial charge in [-0.15, -0.1) is 0 Å². The van der Waals surface area contributed by atoms with E-state index in [2.05, 4.69) is 5.32 Å². The van der Waals surface area contributed by atoms with Gasteiger partial charge in [0.2, 0.25) is 21.8 Å². The lowest BCUT2D eigenvalue weighted by Gasteiger charge is -2.34. The van der Waals surface area contributed by atoms with Gasteiger partial charge in [-0.25, -0.2) is 17.2 Å². The first kappa shape index (κ1) is 31.7. The molecule has 1 unspecified atom stereocenters. The van der Waals surface area contributed by atoms with Crippen LogP contribution in [0.4, 0.5) is 14.5 Å². The first-order valence-electron chi connectivity index (χ1n) is 13.4. The molecule has 2 amide bonds. The number of hydrogen-bond donors (Lipinski definition) is 1. The van der Waals surface area contributed by atoms with Crippen LogP contribution in [0, 0.1) is 11.6 Å². The Labute approximate surface area is 254 Å². The van der Waals surface area contributed by atoms with Gasteiger partial charge < -0.3 is 10.2 Å². The Kier molecular flexibility index (Phi) is 10.5. The molecule has 0 bridgehead atoms. The number of benzene rings is 3. The number of rotatable bonds is 11. The van der Waals surface area contributed by atoms with Gasteiger partial charge in [0.05, 0.1) is 22.0 Å². The highest BCUT2D eigenvalue weighted by atomic mass is 35.5. The summed E-state index contributed by atoms with van der Waals surface area (Å²) in [6, 6.07) is 15.5. The summed E-state index contributed by atoms with van der Waals surface area (Å²) in [6.45, 7) is -0.853. The van der Waals surface area contributed by atoms with Gasteiger partial charge in [-0.2, -0.15) is 0 Å². The van der Waals surface area contributed by atoms with E-state index >= 15 is 0 Å². The predicted molar refractivity (Wildman–Crippen MR) is 160 cm³/mol. The maximum Gasteiger partial charge on any atom is 0.244 e. The number of carbonyl (C=O) groups is 2. The molecule has 7 nitrogen and oxygen atoms in total. The SMILES string of the molecule is CS(=O)(=O)N(CC(=O)N(Cc1ccc(Cl)c(Cl)c1)C(Cc1ccccc1)C(=O)NC1CCCC1)c1ccc(F)c(F)c1. The van der Waals surface area contributed by atoms with Crippen LogP contribution in [0.2, 0.25) is 10.0 Å². The fourth-order valence-corrected chi connectivity index (χ4v) is 6.17. The molecule has 0 heterocycles. The lowest BCUT2D eigenvalue weighted by molar-refractivity contribution is -0.140. The first-order valence-corrected chi connectivity index (χ1v) is 16.0. The lowest BCUT2D eigenvalue weighted by Crippen LogP contribution is -2.54. The van der Waals surface area contributed by atoms with E-state index in [4.69, 9.17) is 23.2 Å². The zero-order chi connectivity index (χ0) is 30.4. The van der Waals surface area contributed by atoms with E-state index in [1.807, 2.05) is 30.3 Å². The molecule has 0 radical (unpaired) electrons. The summed E-state index contributed by atoms with van der Waals surface area (Å²) in [7, 11) is -4.13. The molecule has 3 aromatic carbocycles. The van der Waals surface area contributed by atoms with Gasteiger partial charge in [0.1, 0.15) is 12.6 Å². The van der Waals surface area contributed by atoms with Crippen LogP contribution in [0.3, 0.4) is 0 Å². The second kappa shape index (κ2) is 13.8. The molecule has 0 saturated heterocycles. The van der Waals surface area contributed by atoms with Crippen molar-refractivity contribution in [3.05, 3.63) is 99.5 Å². The summed E-state index contributed by atoms with van der Waals surface area (Å²) in [5.41, 5.74) is 1.12. The van der Waals surface area contributed by atoms with Gasteiger partial charge in [0.15, 0.2) is 11.6 Å². The number of amides is 2. The van der Waals surface area contributed by atoms with E-state index < -0.39 is 40.2 Å². The highest BCUT2D eigenvalue weighted by molar-refractivity contribution is 7.92. The molecule has 0 spiro atoms. The molecule has 1 fully saturated rings. The zero-order valence-corrected chi connectivity index (χ0v) is 25.2. The van der Waals surface area contributed by atoms with E-state index in [0.29, 0.717) is 21.0 Å².